The van der Waals surface area contributed by atoms with Crippen LogP contribution in [0.25, 0.3) is 0 Å². The number of hydrogen-bond acceptors (Lipinski definition) is 7. The highest BCUT2D eigenvalue weighted by Gasteiger charge is 2.43. The lowest BCUT2D eigenvalue weighted by molar-refractivity contribution is -0.134. The van der Waals surface area contributed by atoms with E-state index in [-0.39, 0.29) is 42.1 Å². The van der Waals surface area contributed by atoms with Crippen molar-refractivity contribution in [2.24, 2.45) is 11.8 Å². The molecule has 3 amide bonds. The SMILES string of the molecule is CCCCC[C@@H]1NC2(CCC2)CNC(=O)[C@H](CSC(c2ccccc2)(c2ccccc2)c2ccccc2)NC(=O)[C@H](Cc2ccc(OC(C)(C)C)cc2)NC(=O)[C@H](CC(C)C)CC1=O. The van der Waals surface area contributed by atoms with E-state index in [0.717, 1.165) is 60.8 Å². The lowest BCUT2D eigenvalue weighted by atomic mass is 9.75. The Balaban J connectivity index is 1.41. The van der Waals surface area contributed by atoms with Crippen molar-refractivity contribution in [3.05, 3.63) is 138 Å². The zero-order valence-corrected chi connectivity index (χ0v) is 39.6. The molecule has 1 aliphatic carbocycles. The molecule has 4 aromatic carbocycles. The maximum Gasteiger partial charge on any atom is 0.243 e. The van der Waals surface area contributed by atoms with Crippen molar-refractivity contribution >= 4 is 35.3 Å². The molecule has 2 aliphatic rings. The molecule has 64 heavy (non-hydrogen) atoms. The van der Waals surface area contributed by atoms with Gasteiger partial charge in [0.25, 0.3) is 0 Å². The molecule has 0 aromatic heterocycles. The van der Waals surface area contributed by atoms with Gasteiger partial charge in [0.05, 0.1) is 10.8 Å². The van der Waals surface area contributed by atoms with E-state index < -0.39 is 45.8 Å². The molecule has 2 fully saturated rings. The van der Waals surface area contributed by atoms with E-state index in [0.29, 0.717) is 25.1 Å². The van der Waals surface area contributed by atoms with Crippen LogP contribution in [0.4, 0.5) is 0 Å². The van der Waals surface area contributed by atoms with Crippen LogP contribution in [0, 0.1) is 11.8 Å². The van der Waals surface area contributed by atoms with E-state index in [2.05, 4.69) is 78.4 Å². The Kier molecular flexibility index (Phi) is 16.9. The molecule has 6 rings (SSSR count). The predicted molar refractivity (Wildman–Crippen MR) is 259 cm³/mol. The molecule has 0 unspecified atom stereocenters. The second-order valence-corrected chi connectivity index (χ2v) is 20.6. The van der Waals surface area contributed by atoms with Crippen molar-refractivity contribution < 1.29 is 23.9 Å². The van der Waals surface area contributed by atoms with Crippen molar-refractivity contribution in [1.82, 2.24) is 21.3 Å². The van der Waals surface area contributed by atoms with Crippen LogP contribution < -0.4 is 26.0 Å². The molecule has 4 aromatic rings. The number of hydrogen-bond donors (Lipinski definition) is 4. The first-order valence-corrected chi connectivity index (χ1v) is 24.5. The zero-order valence-electron chi connectivity index (χ0n) is 38.8. The topological polar surface area (TPSA) is 126 Å². The van der Waals surface area contributed by atoms with E-state index >= 15 is 0 Å². The first kappa shape index (κ1) is 48.5. The van der Waals surface area contributed by atoms with Crippen molar-refractivity contribution in [3.8, 4) is 5.75 Å². The Morgan fingerprint density at radius 1 is 0.703 bits per heavy atom. The van der Waals surface area contributed by atoms with Crippen LogP contribution in [0.2, 0.25) is 0 Å². The Bertz CT molecular complexity index is 2020. The Labute approximate surface area is 386 Å². The fraction of sp³-hybridized carbons (Fsp3) is 0.481. The van der Waals surface area contributed by atoms with Gasteiger partial charge >= 0.3 is 0 Å². The minimum absolute atomic E-state index is 0.00756. The Morgan fingerprint density at radius 3 is 1.77 bits per heavy atom. The van der Waals surface area contributed by atoms with E-state index in [1.165, 1.54) is 0 Å². The number of carbonyl (C=O) groups is 4. The van der Waals surface area contributed by atoms with Crippen LogP contribution in [0.1, 0.15) is 122 Å². The van der Waals surface area contributed by atoms with E-state index in [1.807, 2.05) is 99.6 Å². The van der Waals surface area contributed by atoms with Gasteiger partial charge < -0.3 is 26.0 Å². The molecule has 1 saturated heterocycles. The summed E-state index contributed by atoms with van der Waals surface area (Å²) >= 11 is 1.60. The molecule has 4 atom stereocenters. The van der Waals surface area contributed by atoms with Gasteiger partial charge in [0.1, 0.15) is 23.4 Å². The monoisotopic (exact) mass is 887 g/mol. The van der Waals surface area contributed by atoms with Gasteiger partial charge in [0.15, 0.2) is 5.78 Å². The van der Waals surface area contributed by atoms with Gasteiger partial charge in [-0.15, -0.1) is 11.8 Å². The summed E-state index contributed by atoms with van der Waals surface area (Å²) in [5, 5.41) is 13.3. The number of carbonyl (C=O) groups excluding carboxylic acids is 4. The summed E-state index contributed by atoms with van der Waals surface area (Å²) in [6, 6.07) is 36.0. The molecule has 10 heteroatoms. The average molecular weight is 887 g/mol. The van der Waals surface area contributed by atoms with Crippen LogP contribution in [0.15, 0.2) is 115 Å². The molecule has 0 radical (unpaired) electrons. The van der Waals surface area contributed by atoms with Crippen LogP contribution in [0.5, 0.6) is 5.75 Å². The van der Waals surface area contributed by atoms with Crippen LogP contribution >= 0.6 is 11.8 Å². The summed E-state index contributed by atoms with van der Waals surface area (Å²) < 4.78 is 5.33. The van der Waals surface area contributed by atoms with Crippen molar-refractivity contribution in [3.63, 3.8) is 0 Å². The molecule has 1 aliphatic heterocycles. The molecule has 4 N–H and O–H groups in total. The van der Waals surface area contributed by atoms with Crippen LogP contribution in [-0.4, -0.2) is 65.1 Å². The fourth-order valence-corrected chi connectivity index (χ4v) is 10.6. The van der Waals surface area contributed by atoms with Gasteiger partial charge in [-0.1, -0.05) is 143 Å². The second kappa shape index (κ2) is 22.3. The maximum absolute atomic E-state index is 14.9. The largest absolute Gasteiger partial charge is 0.488 e. The Morgan fingerprint density at radius 2 is 1.27 bits per heavy atom. The molecular weight excluding hydrogens is 817 g/mol. The lowest BCUT2D eigenvalue weighted by Crippen LogP contribution is -2.63. The lowest BCUT2D eigenvalue weighted by Gasteiger charge is -2.45. The number of nitrogens with one attached hydrogen (secondary N) is 4. The number of rotatable bonds is 15. The number of ether oxygens (including phenoxy) is 1. The van der Waals surface area contributed by atoms with Gasteiger partial charge in [0, 0.05) is 36.6 Å². The fourth-order valence-electron chi connectivity index (χ4n) is 9.09. The number of unbranched alkanes of at least 4 members (excludes halogenated alkanes) is 2. The molecule has 1 spiro atoms. The Hall–Kier alpha value is -4.93. The number of thioether (sulfide) groups is 1. The van der Waals surface area contributed by atoms with E-state index in [4.69, 9.17) is 4.74 Å². The summed E-state index contributed by atoms with van der Waals surface area (Å²) in [6.07, 6.45) is 6.91. The van der Waals surface area contributed by atoms with Crippen LogP contribution in [-0.2, 0) is 30.3 Å². The zero-order chi connectivity index (χ0) is 45.7. The predicted octanol–water partition coefficient (Wildman–Crippen LogP) is 9.31. The number of benzene rings is 4. The molecule has 1 heterocycles. The summed E-state index contributed by atoms with van der Waals surface area (Å²) in [5.74, 6) is -0.682. The molecule has 1 saturated carbocycles. The number of ketones is 1. The van der Waals surface area contributed by atoms with Gasteiger partial charge in [-0.3, -0.25) is 19.2 Å². The normalized spacial score (nSPS) is 21.2. The first-order valence-electron chi connectivity index (χ1n) is 23.5. The first-order chi connectivity index (χ1) is 30.7. The van der Waals surface area contributed by atoms with E-state index in [1.54, 1.807) is 11.8 Å². The van der Waals surface area contributed by atoms with Crippen molar-refractivity contribution in [1.29, 1.82) is 0 Å². The smallest absolute Gasteiger partial charge is 0.243 e. The standard InChI is InChI=1S/C54H70N4O5S/c1-7-8-12-26-45-48(59)35-40(33-38(2)3)49(60)56-46(34-39-27-29-44(30-28-39)63-52(4,5)6)51(62)57-47(50(61)55-37-53(58-45)31-19-32-53)36-64-54(41-20-13-9-14-21-41,42-22-15-10-16-23-42)43-24-17-11-18-25-43/h9-11,13-18,20-25,27-30,38,40,45-47,58H,7-8,12,19,26,31-37H2,1-6H3,(H,55,61)(H,56,60)(H,57,62)/t40-,45+,46+,47+/m1/s1. The van der Waals surface area contributed by atoms with Crippen molar-refractivity contribution in [2.75, 3.05) is 12.3 Å². The summed E-state index contributed by atoms with van der Waals surface area (Å²) in [7, 11) is 0. The van der Waals surface area contributed by atoms with Gasteiger partial charge in [-0.25, -0.2) is 0 Å². The van der Waals surface area contributed by atoms with Gasteiger partial charge in [-0.2, -0.15) is 0 Å². The number of Topliss-reactive ketones (excluding diaryl/α,β-unsaturated/α-hetero) is 1. The highest BCUT2D eigenvalue weighted by molar-refractivity contribution is 8.00. The molecule has 9 nitrogen and oxygen atoms in total. The molecule has 0 bridgehead atoms. The maximum atomic E-state index is 14.9. The summed E-state index contributed by atoms with van der Waals surface area (Å²) in [6.45, 7) is 12.5. The van der Waals surface area contributed by atoms with Gasteiger partial charge in [-0.05, 0) is 93.2 Å². The van der Waals surface area contributed by atoms with Crippen molar-refractivity contribution in [2.45, 2.75) is 140 Å². The molecular formula is C54H70N4O5S. The average Bonchev–Trinajstić information content (AvgIpc) is 3.26. The van der Waals surface area contributed by atoms with Crippen LogP contribution in [0.3, 0.4) is 0 Å². The van der Waals surface area contributed by atoms with Gasteiger partial charge in [0.2, 0.25) is 17.7 Å². The third kappa shape index (κ3) is 12.9. The minimum atomic E-state index is -1.03. The second-order valence-electron chi connectivity index (χ2n) is 19.3. The minimum Gasteiger partial charge on any atom is -0.488 e. The summed E-state index contributed by atoms with van der Waals surface area (Å²) in [5.41, 5.74) is 3.08. The molecule has 342 valence electrons. The third-order valence-electron chi connectivity index (χ3n) is 12.5. The third-order valence-corrected chi connectivity index (χ3v) is 14.2. The quantitative estimate of drug-likeness (QED) is 0.0693. The van der Waals surface area contributed by atoms with E-state index in [9.17, 15) is 19.2 Å². The summed E-state index contributed by atoms with van der Waals surface area (Å²) in [4.78, 5) is 58.7. The highest BCUT2D eigenvalue weighted by Crippen LogP contribution is 2.48. The number of amides is 3. The highest BCUT2D eigenvalue weighted by atomic mass is 32.2.